The van der Waals surface area contributed by atoms with Gasteiger partial charge in [-0.2, -0.15) is 13.2 Å². The first-order valence-electron chi connectivity index (χ1n) is 12.8. The van der Waals surface area contributed by atoms with Gasteiger partial charge in [-0.3, -0.25) is 9.69 Å². The molecule has 4 heterocycles. The molecule has 0 radical (unpaired) electrons. The highest BCUT2D eigenvalue weighted by molar-refractivity contribution is 5.94. The smallest absolute Gasteiger partial charge is 0.397 e. The molecule has 1 amide bonds. The Bertz CT molecular complexity index is 1500. The average molecular weight is 537 g/mol. The molecule has 0 bridgehead atoms. The van der Waals surface area contributed by atoms with Crippen LogP contribution in [0.25, 0.3) is 22.3 Å². The highest BCUT2D eigenvalue weighted by Crippen LogP contribution is 2.36. The Labute approximate surface area is 225 Å². The van der Waals surface area contributed by atoms with Gasteiger partial charge in [0, 0.05) is 56.1 Å². The van der Waals surface area contributed by atoms with Crippen molar-refractivity contribution in [1.82, 2.24) is 24.3 Å². The number of aryl methyl sites for hydroxylation is 1. The number of nitrogen functional groups attached to an aromatic ring is 1. The van der Waals surface area contributed by atoms with E-state index < -0.39 is 17.6 Å². The summed E-state index contributed by atoms with van der Waals surface area (Å²) in [6, 6.07) is 14.4. The van der Waals surface area contributed by atoms with Gasteiger partial charge in [0.2, 0.25) is 0 Å². The van der Waals surface area contributed by atoms with Crippen LogP contribution in [0.4, 0.5) is 18.9 Å². The van der Waals surface area contributed by atoms with Crippen LogP contribution < -0.4 is 5.73 Å². The highest BCUT2D eigenvalue weighted by Gasteiger charge is 2.35. The second-order valence-electron chi connectivity index (χ2n) is 10.3. The number of hydrogen-bond donors (Lipinski definition) is 1. The van der Waals surface area contributed by atoms with Gasteiger partial charge < -0.3 is 15.2 Å². The minimum atomic E-state index is -4.63. The third-order valence-corrected chi connectivity index (χ3v) is 7.51. The number of hydrogen-bond acceptors (Lipinski definition) is 5. The molecule has 1 aliphatic rings. The van der Waals surface area contributed by atoms with E-state index in [2.05, 4.69) is 27.0 Å². The summed E-state index contributed by atoms with van der Waals surface area (Å²) in [6.45, 7) is 2.54. The molecule has 1 aromatic carbocycles. The van der Waals surface area contributed by atoms with Crippen LogP contribution in [0.1, 0.15) is 46.1 Å². The molecule has 0 aliphatic carbocycles. The maximum atomic E-state index is 13.4. The molecule has 0 atom stereocenters. The molecule has 0 spiro atoms. The zero-order chi connectivity index (χ0) is 27.9. The standard InChI is InChI=1S/C29H31F3N6O/c1-36(2)28(39)20-6-4-18(5-7-20)19-11-14-38(15-12-19)17-21-16-23-22(10-13-34-27(23)37(21)3)25-9-8-24(33)26(35-25)29(30,31)32/h4-10,13,16,19H,11-12,14-15,17,33H2,1-3H3. The maximum absolute atomic E-state index is 13.4. The fourth-order valence-corrected chi connectivity index (χ4v) is 5.30. The SMILES string of the molecule is CN(C)C(=O)c1ccc(C2CCN(Cc3cc4c(-c5ccc(N)c(C(F)(F)F)n5)ccnc4n3C)CC2)cc1. The molecule has 204 valence electrons. The fourth-order valence-electron chi connectivity index (χ4n) is 5.30. The summed E-state index contributed by atoms with van der Waals surface area (Å²) in [4.78, 5) is 24.5. The van der Waals surface area contributed by atoms with E-state index in [1.165, 1.54) is 17.7 Å². The number of alkyl halides is 3. The van der Waals surface area contributed by atoms with Crippen molar-refractivity contribution in [2.75, 3.05) is 32.9 Å². The molecule has 10 heteroatoms. The Hall–Kier alpha value is -3.92. The molecule has 2 N–H and O–H groups in total. The zero-order valence-corrected chi connectivity index (χ0v) is 22.2. The molecule has 1 fully saturated rings. The van der Waals surface area contributed by atoms with E-state index in [4.69, 9.17) is 5.73 Å². The monoisotopic (exact) mass is 536 g/mol. The molecule has 7 nitrogen and oxygen atoms in total. The Morgan fingerprint density at radius 1 is 1.08 bits per heavy atom. The first-order chi connectivity index (χ1) is 18.5. The van der Waals surface area contributed by atoms with E-state index in [0.717, 1.165) is 37.0 Å². The van der Waals surface area contributed by atoms with Crippen LogP contribution in [0.15, 0.2) is 54.7 Å². The molecule has 4 aromatic rings. The van der Waals surface area contributed by atoms with E-state index in [1.54, 1.807) is 31.3 Å². The molecular weight excluding hydrogens is 505 g/mol. The van der Waals surface area contributed by atoms with E-state index in [-0.39, 0.29) is 11.6 Å². The molecule has 39 heavy (non-hydrogen) atoms. The summed E-state index contributed by atoms with van der Waals surface area (Å²) in [6.07, 6.45) is -1.03. The summed E-state index contributed by atoms with van der Waals surface area (Å²) < 4.78 is 42.3. The molecule has 0 unspecified atom stereocenters. The number of carbonyl (C=O) groups is 1. The number of nitrogens with two attached hydrogens (primary N) is 1. The number of halogens is 3. The first kappa shape index (κ1) is 26.7. The van der Waals surface area contributed by atoms with Gasteiger partial charge in [-0.25, -0.2) is 9.97 Å². The van der Waals surface area contributed by atoms with Crippen LogP contribution in [-0.2, 0) is 19.8 Å². The topological polar surface area (TPSA) is 80.3 Å². The lowest BCUT2D eigenvalue weighted by atomic mass is 9.89. The number of aromatic nitrogens is 3. The third kappa shape index (κ3) is 5.34. The van der Waals surface area contributed by atoms with Crippen molar-refractivity contribution in [3.05, 3.63) is 77.2 Å². The molecule has 1 aliphatic heterocycles. The number of nitrogens with zero attached hydrogens (tertiary/aromatic N) is 5. The largest absolute Gasteiger partial charge is 0.435 e. The second-order valence-corrected chi connectivity index (χ2v) is 10.3. The quantitative estimate of drug-likeness (QED) is 0.374. The lowest BCUT2D eigenvalue weighted by Gasteiger charge is -2.32. The lowest BCUT2D eigenvalue weighted by molar-refractivity contribution is -0.140. The summed E-state index contributed by atoms with van der Waals surface area (Å²) in [5, 5.41) is 0.752. The summed E-state index contributed by atoms with van der Waals surface area (Å²) in [7, 11) is 5.42. The van der Waals surface area contributed by atoms with Crippen molar-refractivity contribution >= 4 is 22.6 Å². The number of carbonyl (C=O) groups excluding carboxylic acids is 1. The number of benzene rings is 1. The lowest BCUT2D eigenvalue weighted by Crippen LogP contribution is -2.33. The summed E-state index contributed by atoms with van der Waals surface area (Å²) >= 11 is 0. The Balaban J connectivity index is 1.32. The number of pyridine rings is 2. The zero-order valence-electron chi connectivity index (χ0n) is 22.2. The van der Waals surface area contributed by atoms with Gasteiger partial charge in [0.05, 0.1) is 11.4 Å². The predicted molar refractivity (Wildman–Crippen MR) is 145 cm³/mol. The number of rotatable bonds is 5. The van der Waals surface area contributed by atoms with Crippen LogP contribution in [-0.4, -0.2) is 57.4 Å². The van der Waals surface area contributed by atoms with Gasteiger partial charge in [-0.1, -0.05) is 12.1 Å². The van der Waals surface area contributed by atoms with Gasteiger partial charge in [0.15, 0.2) is 5.69 Å². The van der Waals surface area contributed by atoms with Crippen molar-refractivity contribution in [3.8, 4) is 11.3 Å². The van der Waals surface area contributed by atoms with Crippen LogP contribution >= 0.6 is 0 Å². The van der Waals surface area contributed by atoms with E-state index in [1.807, 2.05) is 29.8 Å². The molecule has 5 rings (SSSR count). The van der Waals surface area contributed by atoms with Gasteiger partial charge in [-0.05, 0) is 73.8 Å². The first-order valence-corrected chi connectivity index (χ1v) is 12.8. The summed E-state index contributed by atoms with van der Waals surface area (Å²) in [5.74, 6) is 0.432. The number of piperidine rings is 1. The van der Waals surface area contributed by atoms with Gasteiger partial charge in [-0.15, -0.1) is 0 Å². The second kappa shape index (κ2) is 10.3. The van der Waals surface area contributed by atoms with Gasteiger partial charge >= 0.3 is 6.18 Å². The summed E-state index contributed by atoms with van der Waals surface area (Å²) in [5.41, 5.74) is 8.53. The number of likely N-dealkylation sites (tertiary alicyclic amines) is 1. The minimum absolute atomic E-state index is 0.00283. The molecular formula is C29H31F3N6O. The average Bonchev–Trinajstić information content (AvgIpc) is 3.23. The van der Waals surface area contributed by atoms with Crippen LogP contribution in [0.5, 0.6) is 0 Å². The third-order valence-electron chi connectivity index (χ3n) is 7.51. The molecule has 0 saturated carbocycles. The molecule has 3 aromatic heterocycles. The highest BCUT2D eigenvalue weighted by atomic mass is 19.4. The number of fused-ring (bicyclic) bond motifs is 1. The predicted octanol–water partition coefficient (Wildman–Crippen LogP) is 5.32. The Kier molecular flexibility index (Phi) is 7.07. The Morgan fingerprint density at radius 2 is 1.77 bits per heavy atom. The van der Waals surface area contributed by atoms with Crippen molar-refractivity contribution in [2.45, 2.75) is 31.5 Å². The van der Waals surface area contributed by atoms with Crippen molar-refractivity contribution < 1.29 is 18.0 Å². The normalized spacial score (nSPS) is 15.1. The van der Waals surface area contributed by atoms with Crippen LogP contribution in [0.3, 0.4) is 0 Å². The number of anilines is 1. The maximum Gasteiger partial charge on any atom is 0.435 e. The van der Waals surface area contributed by atoms with Crippen LogP contribution in [0.2, 0.25) is 0 Å². The Morgan fingerprint density at radius 3 is 2.41 bits per heavy atom. The van der Waals surface area contributed by atoms with Gasteiger partial charge in [0.25, 0.3) is 5.91 Å². The minimum Gasteiger partial charge on any atom is -0.397 e. The van der Waals surface area contributed by atoms with Crippen molar-refractivity contribution in [2.24, 2.45) is 7.05 Å². The number of amides is 1. The van der Waals surface area contributed by atoms with E-state index in [0.29, 0.717) is 29.2 Å². The van der Waals surface area contributed by atoms with Crippen molar-refractivity contribution in [3.63, 3.8) is 0 Å². The molecule has 1 saturated heterocycles. The van der Waals surface area contributed by atoms with E-state index in [9.17, 15) is 18.0 Å². The van der Waals surface area contributed by atoms with E-state index >= 15 is 0 Å². The van der Waals surface area contributed by atoms with Gasteiger partial charge in [0.1, 0.15) is 5.65 Å². The van der Waals surface area contributed by atoms with Crippen molar-refractivity contribution in [1.29, 1.82) is 0 Å². The fraction of sp³-hybridized carbons (Fsp3) is 0.345. The van der Waals surface area contributed by atoms with Crippen LogP contribution in [0, 0.1) is 0 Å².